The molecule has 0 aliphatic carbocycles. The van der Waals surface area contributed by atoms with Gasteiger partial charge >= 0.3 is 0 Å². The third kappa shape index (κ3) is 4.12. The van der Waals surface area contributed by atoms with Gasteiger partial charge < -0.3 is 4.90 Å². The van der Waals surface area contributed by atoms with Gasteiger partial charge in [-0.1, -0.05) is 26.0 Å². The first-order chi connectivity index (χ1) is 11.4. The lowest BCUT2D eigenvalue weighted by Crippen LogP contribution is -2.30. The number of hydrogen-bond acceptors (Lipinski definition) is 5. The van der Waals surface area contributed by atoms with E-state index in [0.29, 0.717) is 11.3 Å². The molecule has 2 rings (SSSR count). The lowest BCUT2D eigenvalue weighted by atomic mass is 9.84. The van der Waals surface area contributed by atoms with E-state index >= 15 is 0 Å². The van der Waals surface area contributed by atoms with Crippen molar-refractivity contribution in [2.45, 2.75) is 31.1 Å². The molecule has 0 aromatic heterocycles. The average Bonchev–Trinajstić information content (AvgIpc) is 2.68. The molecule has 0 saturated carbocycles. The first-order valence-corrected chi connectivity index (χ1v) is 10.6. The number of anilines is 1. The Balaban J connectivity index is 2.63. The molecule has 0 radical (unpaired) electrons. The molecule has 1 aromatic carbocycles. The Hall–Kier alpha value is -1.68. The molecule has 25 heavy (non-hydrogen) atoms. The van der Waals surface area contributed by atoms with Crippen LogP contribution in [0.15, 0.2) is 47.0 Å². The van der Waals surface area contributed by atoms with Crippen LogP contribution in [0.2, 0.25) is 0 Å². The second-order valence-electron chi connectivity index (χ2n) is 6.29. The number of allylic oxidation sites excluding steroid dienone is 4. The maximum atomic E-state index is 11.4. The Morgan fingerprint density at radius 2 is 1.80 bits per heavy atom. The molecule has 0 atom stereocenters. The van der Waals surface area contributed by atoms with Gasteiger partial charge in [-0.15, -0.1) is 0 Å². The van der Waals surface area contributed by atoms with Crippen LogP contribution in [-0.2, 0) is 25.7 Å². The first-order valence-electron chi connectivity index (χ1n) is 7.56. The number of benzene rings is 1. The van der Waals surface area contributed by atoms with Gasteiger partial charge in [-0.25, -0.2) is 0 Å². The number of fused-ring (bicyclic) bond motifs is 1. The van der Waals surface area contributed by atoms with E-state index in [9.17, 15) is 21.4 Å². The fourth-order valence-electron chi connectivity index (χ4n) is 2.95. The van der Waals surface area contributed by atoms with Crippen molar-refractivity contribution < 1.29 is 25.9 Å². The van der Waals surface area contributed by atoms with Crippen LogP contribution in [-0.4, -0.2) is 38.2 Å². The number of nitrogens with zero attached hydrogens (tertiary/aromatic N) is 1. The van der Waals surface area contributed by atoms with Gasteiger partial charge in [-0.3, -0.25) is 9.11 Å². The predicted octanol–water partition coefficient (Wildman–Crippen LogP) is 2.38. The van der Waals surface area contributed by atoms with Crippen molar-refractivity contribution >= 4 is 25.9 Å². The summed E-state index contributed by atoms with van der Waals surface area (Å²) in [4.78, 5) is 1.51. The quantitative estimate of drug-likeness (QED) is 0.746. The molecule has 0 spiro atoms. The van der Waals surface area contributed by atoms with E-state index in [1.807, 2.05) is 32.9 Å². The summed E-state index contributed by atoms with van der Waals surface area (Å²) in [5.74, 6) is -0.463. The molecule has 0 unspecified atom stereocenters. The Bertz CT molecular complexity index is 943. The SMILES string of the molecule is CC=C/C=C1/N(CCS(=O)(=O)O)c2ccc(S(=O)(=O)O)cc2C1(C)C. The first kappa shape index (κ1) is 19.6. The minimum atomic E-state index is -4.35. The highest BCUT2D eigenvalue weighted by Crippen LogP contribution is 2.48. The predicted molar refractivity (Wildman–Crippen MR) is 95.9 cm³/mol. The summed E-state index contributed by atoms with van der Waals surface area (Å²) in [6.07, 6.45) is 5.43. The highest BCUT2D eigenvalue weighted by Gasteiger charge is 2.40. The normalized spacial score (nSPS) is 18.9. The summed E-state index contributed by atoms with van der Waals surface area (Å²) in [5, 5.41) is 0. The second kappa shape index (κ2) is 6.56. The standard InChI is InChI=1S/C16H21NO6S2/c1-4-5-6-15-16(2,3)13-11-12(25(21,22)23)7-8-14(13)17(15)9-10-24(18,19)20/h4-8,11H,9-10H2,1-3H3,(H,18,19,20)(H,21,22,23)/b5-4?,15-6+. The third-order valence-corrected chi connectivity index (χ3v) is 5.73. The second-order valence-corrected chi connectivity index (χ2v) is 9.29. The summed E-state index contributed by atoms with van der Waals surface area (Å²) in [7, 11) is -8.50. The highest BCUT2D eigenvalue weighted by atomic mass is 32.2. The van der Waals surface area contributed by atoms with E-state index < -0.39 is 31.4 Å². The van der Waals surface area contributed by atoms with Crippen LogP contribution in [0.1, 0.15) is 26.3 Å². The van der Waals surface area contributed by atoms with Gasteiger partial charge in [0.2, 0.25) is 0 Å². The summed E-state index contributed by atoms with van der Waals surface area (Å²) in [6.45, 7) is 5.61. The Kier molecular flexibility index (Phi) is 5.16. The van der Waals surface area contributed by atoms with E-state index in [2.05, 4.69) is 0 Å². The van der Waals surface area contributed by atoms with Gasteiger partial charge in [0.1, 0.15) is 0 Å². The third-order valence-electron chi connectivity index (χ3n) is 4.18. The Morgan fingerprint density at radius 1 is 1.16 bits per heavy atom. The molecular weight excluding hydrogens is 366 g/mol. The summed E-state index contributed by atoms with van der Waals surface area (Å²) < 4.78 is 63.5. The summed E-state index contributed by atoms with van der Waals surface area (Å²) in [6, 6.07) is 4.19. The van der Waals surface area contributed by atoms with Crippen molar-refractivity contribution in [3.8, 4) is 0 Å². The molecule has 138 valence electrons. The molecule has 2 N–H and O–H groups in total. The molecule has 1 heterocycles. The van der Waals surface area contributed by atoms with E-state index in [4.69, 9.17) is 4.55 Å². The topological polar surface area (TPSA) is 112 Å². The van der Waals surface area contributed by atoms with E-state index in [0.717, 1.165) is 5.70 Å². The molecule has 1 aliphatic rings. The monoisotopic (exact) mass is 387 g/mol. The Labute approximate surface area is 148 Å². The summed E-state index contributed by atoms with van der Waals surface area (Å²) in [5.41, 5.74) is 1.43. The van der Waals surface area contributed by atoms with Crippen LogP contribution in [0, 0.1) is 0 Å². The lowest BCUT2D eigenvalue weighted by Gasteiger charge is -2.26. The van der Waals surface area contributed by atoms with Crippen molar-refractivity contribution in [1.29, 1.82) is 0 Å². The molecular formula is C16H21NO6S2. The minimum absolute atomic E-state index is 0.0177. The molecule has 0 fully saturated rings. The average molecular weight is 387 g/mol. The van der Waals surface area contributed by atoms with Crippen LogP contribution in [0.25, 0.3) is 0 Å². The zero-order valence-electron chi connectivity index (χ0n) is 14.2. The molecule has 9 heteroatoms. The number of hydrogen-bond donors (Lipinski definition) is 2. The van der Waals surface area contributed by atoms with Gasteiger partial charge in [0.05, 0.1) is 10.6 Å². The maximum absolute atomic E-state index is 11.4. The van der Waals surface area contributed by atoms with E-state index in [-0.39, 0.29) is 11.4 Å². The maximum Gasteiger partial charge on any atom is 0.294 e. The van der Waals surface area contributed by atoms with E-state index in [1.54, 1.807) is 11.0 Å². The smallest absolute Gasteiger partial charge is 0.294 e. The summed E-state index contributed by atoms with van der Waals surface area (Å²) >= 11 is 0. The molecule has 0 amide bonds. The molecule has 1 aliphatic heterocycles. The minimum Gasteiger partial charge on any atom is -0.343 e. The highest BCUT2D eigenvalue weighted by molar-refractivity contribution is 7.86. The molecule has 0 bridgehead atoms. The van der Waals surface area contributed by atoms with Crippen LogP contribution in [0.3, 0.4) is 0 Å². The zero-order chi connectivity index (χ0) is 19.0. The van der Waals surface area contributed by atoms with Crippen molar-refractivity contribution in [3.63, 3.8) is 0 Å². The molecule has 0 saturated heterocycles. The van der Waals surface area contributed by atoms with Gasteiger partial charge in [0.25, 0.3) is 20.2 Å². The van der Waals surface area contributed by atoms with Crippen molar-refractivity contribution in [1.82, 2.24) is 0 Å². The van der Waals surface area contributed by atoms with Gasteiger partial charge in [-0.05, 0) is 36.8 Å². The van der Waals surface area contributed by atoms with Crippen LogP contribution < -0.4 is 4.90 Å². The van der Waals surface area contributed by atoms with E-state index in [1.165, 1.54) is 18.2 Å². The Morgan fingerprint density at radius 3 is 2.32 bits per heavy atom. The van der Waals surface area contributed by atoms with Crippen molar-refractivity contribution in [2.24, 2.45) is 0 Å². The van der Waals surface area contributed by atoms with Crippen LogP contribution in [0.4, 0.5) is 5.69 Å². The van der Waals surface area contributed by atoms with Crippen molar-refractivity contribution in [2.75, 3.05) is 17.2 Å². The van der Waals surface area contributed by atoms with Crippen LogP contribution in [0.5, 0.6) is 0 Å². The molecule has 7 nitrogen and oxygen atoms in total. The van der Waals surface area contributed by atoms with Crippen LogP contribution >= 0.6 is 0 Å². The number of rotatable bonds is 5. The van der Waals surface area contributed by atoms with Gasteiger partial charge in [0, 0.05) is 23.3 Å². The largest absolute Gasteiger partial charge is 0.343 e. The van der Waals surface area contributed by atoms with Crippen molar-refractivity contribution in [3.05, 3.63) is 47.7 Å². The zero-order valence-corrected chi connectivity index (χ0v) is 15.8. The lowest BCUT2D eigenvalue weighted by molar-refractivity contribution is 0.480. The molecule has 1 aromatic rings. The van der Waals surface area contributed by atoms with Gasteiger partial charge in [-0.2, -0.15) is 16.8 Å². The fraction of sp³-hybridized carbons (Fsp3) is 0.375. The van der Waals surface area contributed by atoms with Gasteiger partial charge in [0.15, 0.2) is 0 Å². The fourth-order valence-corrected chi connectivity index (χ4v) is 3.87.